The first-order chi connectivity index (χ1) is 7.60. The molecule has 2 heteroatoms. The maximum atomic E-state index is 11.9. The molecule has 1 atom stereocenters. The van der Waals surface area contributed by atoms with E-state index in [1.165, 1.54) is 0 Å². The predicted molar refractivity (Wildman–Crippen MR) is 65.9 cm³/mol. The van der Waals surface area contributed by atoms with E-state index in [1.54, 1.807) is 7.11 Å². The zero-order valence-electron chi connectivity index (χ0n) is 10.5. The standard InChI is InChI=1S/C14H20O2/c1-5-13(15)14(10(2)3)11-7-6-8-12(9-11)16-4/h6-10,14H,5H2,1-4H3. The van der Waals surface area contributed by atoms with Gasteiger partial charge >= 0.3 is 0 Å². The van der Waals surface area contributed by atoms with Gasteiger partial charge in [-0.25, -0.2) is 0 Å². The Morgan fingerprint density at radius 2 is 2.06 bits per heavy atom. The molecule has 1 aromatic carbocycles. The third-order valence-corrected chi connectivity index (χ3v) is 2.81. The van der Waals surface area contributed by atoms with E-state index in [4.69, 9.17) is 4.74 Å². The summed E-state index contributed by atoms with van der Waals surface area (Å²) in [7, 11) is 1.64. The molecule has 0 N–H and O–H groups in total. The van der Waals surface area contributed by atoms with Crippen LogP contribution >= 0.6 is 0 Å². The highest BCUT2D eigenvalue weighted by molar-refractivity contribution is 5.85. The molecule has 1 unspecified atom stereocenters. The molecule has 88 valence electrons. The Hall–Kier alpha value is -1.31. The lowest BCUT2D eigenvalue weighted by Gasteiger charge is -2.19. The predicted octanol–water partition coefficient (Wildman–Crippen LogP) is 3.41. The van der Waals surface area contributed by atoms with E-state index in [0.717, 1.165) is 11.3 Å². The zero-order chi connectivity index (χ0) is 12.1. The molecule has 0 radical (unpaired) electrons. The second-order valence-corrected chi connectivity index (χ2v) is 4.32. The van der Waals surface area contributed by atoms with Crippen LogP contribution in [0.3, 0.4) is 0 Å². The van der Waals surface area contributed by atoms with Crippen molar-refractivity contribution in [2.75, 3.05) is 7.11 Å². The fraction of sp³-hybridized carbons (Fsp3) is 0.500. The average molecular weight is 220 g/mol. The summed E-state index contributed by atoms with van der Waals surface area (Å²) < 4.78 is 5.19. The Morgan fingerprint density at radius 3 is 2.56 bits per heavy atom. The van der Waals surface area contributed by atoms with Crippen molar-refractivity contribution < 1.29 is 9.53 Å². The number of hydrogen-bond donors (Lipinski definition) is 0. The first-order valence-corrected chi connectivity index (χ1v) is 5.76. The van der Waals surface area contributed by atoms with Crippen LogP contribution in [0.15, 0.2) is 24.3 Å². The molecular weight excluding hydrogens is 200 g/mol. The SMILES string of the molecule is CCC(=O)C(c1cccc(OC)c1)C(C)C. The van der Waals surface area contributed by atoms with Crippen molar-refractivity contribution in [3.05, 3.63) is 29.8 Å². The van der Waals surface area contributed by atoms with Gasteiger partial charge in [-0.3, -0.25) is 4.79 Å². The summed E-state index contributed by atoms with van der Waals surface area (Å²) in [4.78, 5) is 11.9. The van der Waals surface area contributed by atoms with Gasteiger partial charge in [0, 0.05) is 12.3 Å². The van der Waals surface area contributed by atoms with Crippen LogP contribution in [0, 0.1) is 5.92 Å². The molecule has 1 aromatic rings. The van der Waals surface area contributed by atoms with Crippen LogP contribution in [-0.2, 0) is 4.79 Å². The molecule has 0 aromatic heterocycles. The van der Waals surface area contributed by atoms with E-state index in [1.807, 2.05) is 31.2 Å². The van der Waals surface area contributed by atoms with Crippen molar-refractivity contribution in [1.82, 2.24) is 0 Å². The van der Waals surface area contributed by atoms with Crippen molar-refractivity contribution in [1.29, 1.82) is 0 Å². The number of Topliss-reactive ketones (excluding diaryl/α,β-unsaturated/α-hetero) is 1. The van der Waals surface area contributed by atoms with Crippen LogP contribution < -0.4 is 4.74 Å². The van der Waals surface area contributed by atoms with E-state index in [0.29, 0.717) is 18.1 Å². The second kappa shape index (κ2) is 5.69. The van der Waals surface area contributed by atoms with Crippen LogP contribution in [-0.4, -0.2) is 12.9 Å². The van der Waals surface area contributed by atoms with Gasteiger partial charge in [-0.15, -0.1) is 0 Å². The van der Waals surface area contributed by atoms with Crippen molar-refractivity contribution in [3.8, 4) is 5.75 Å². The van der Waals surface area contributed by atoms with Crippen LogP contribution in [0.2, 0.25) is 0 Å². The summed E-state index contributed by atoms with van der Waals surface area (Å²) in [6, 6.07) is 7.79. The number of carbonyl (C=O) groups excluding carboxylic acids is 1. The van der Waals surface area contributed by atoms with Gasteiger partial charge in [-0.05, 0) is 23.6 Å². The number of ether oxygens (including phenoxy) is 1. The first kappa shape index (κ1) is 12.8. The molecule has 16 heavy (non-hydrogen) atoms. The van der Waals surface area contributed by atoms with E-state index in [-0.39, 0.29) is 5.92 Å². The van der Waals surface area contributed by atoms with Crippen LogP contribution in [0.1, 0.15) is 38.7 Å². The first-order valence-electron chi connectivity index (χ1n) is 5.76. The molecule has 2 nitrogen and oxygen atoms in total. The third-order valence-electron chi connectivity index (χ3n) is 2.81. The summed E-state index contributed by atoms with van der Waals surface area (Å²) in [6.07, 6.45) is 0.583. The molecule has 0 spiro atoms. The van der Waals surface area contributed by atoms with Gasteiger partial charge in [0.2, 0.25) is 0 Å². The Balaban J connectivity index is 3.05. The van der Waals surface area contributed by atoms with Gasteiger partial charge in [0.1, 0.15) is 11.5 Å². The van der Waals surface area contributed by atoms with Crippen LogP contribution in [0.5, 0.6) is 5.75 Å². The van der Waals surface area contributed by atoms with Crippen LogP contribution in [0.25, 0.3) is 0 Å². The Kier molecular flexibility index (Phi) is 4.53. The summed E-state index contributed by atoms with van der Waals surface area (Å²) in [5, 5.41) is 0. The molecule has 0 saturated heterocycles. The summed E-state index contributed by atoms with van der Waals surface area (Å²) in [5.41, 5.74) is 1.06. The van der Waals surface area contributed by atoms with Gasteiger partial charge in [0.15, 0.2) is 0 Å². The van der Waals surface area contributed by atoms with Crippen molar-refractivity contribution in [3.63, 3.8) is 0 Å². The van der Waals surface area contributed by atoms with Crippen molar-refractivity contribution in [2.45, 2.75) is 33.1 Å². The van der Waals surface area contributed by atoms with Crippen molar-refractivity contribution >= 4 is 5.78 Å². The minimum absolute atomic E-state index is 0.0138. The molecule has 1 rings (SSSR count). The normalized spacial score (nSPS) is 12.6. The van der Waals surface area contributed by atoms with Gasteiger partial charge in [0.25, 0.3) is 0 Å². The van der Waals surface area contributed by atoms with E-state index < -0.39 is 0 Å². The lowest BCUT2D eigenvalue weighted by atomic mass is 9.84. The largest absolute Gasteiger partial charge is 0.497 e. The summed E-state index contributed by atoms with van der Waals surface area (Å²) >= 11 is 0. The number of hydrogen-bond acceptors (Lipinski definition) is 2. The highest BCUT2D eigenvalue weighted by Crippen LogP contribution is 2.28. The minimum atomic E-state index is -0.0138. The number of ketones is 1. The van der Waals surface area contributed by atoms with E-state index in [2.05, 4.69) is 13.8 Å². The number of rotatable bonds is 5. The lowest BCUT2D eigenvalue weighted by molar-refractivity contribution is -0.121. The van der Waals surface area contributed by atoms with Crippen LogP contribution in [0.4, 0.5) is 0 Å². The molecule has 0 aliphatic rings. The molecule has 0 fully saturated rings. The summed E-state index contributed by atoms with van der Waals surface area (Å²) in [5.74, 6) is 1.41. The Bertz CT molecular complexity index is 356. The monoisotopic (exact) mass is 220 g/mol. The molecule has 0 bridgehead atoms. The number of carbonyl (C=O) groups is 1. The van der Waals surface area contributed by atoms with E-state index in [9.17, 15) is 4.79 Å². The highest BCUT2D eigenvalue weighted by atomic mass is 16.5. The fourth-order valence-electron chi connectivity index (χ4n) is 2.00. The Morgan fingerprint density at radius 1 is 1.38 bits per heavy atom. The number of benzene rings is 1. The van der Waals surface area contributed by atoms with Gasteiger partial charge in [-0.1, -0.05) is 32.9 Å². The van der Waals surface area contributed by atoms with Gasteiger partial charge < -0.3 is 4.74 Å². The molecule has 0 saturated carbocycles. The maximum Gasteiger partial charge on any atom is 0.140 e. The Labute approximate surface area is 97.6 Å². The molecular formula is C14H20O2. The summed E-state index contributed by atoms with van der Waals surface area (Å²) in [6.45, 7) is 6.08. The molecule has 0 amide bonds. The third kappa shape index (κ3) is 2.84. The highest BCUT2D eigenvalue weighted by Gasteiger charge is 2.22. The van der Waals surface area contributed by atoms with Gasteiger partial charge in [0.05, 0.1) is 7.11 Å². The lowest BCUT2D eigenvalue weighted by Crippen LogP contribution is -2.17. The molecule has 0 aliphatic heterocycles. The zero-order valence-corrected chi connectivity index (χ0v) is 10.5. The average Bonchev–Trinajstić information content (AvgIpc) is 2.29. The molecule has 0 heterocycles. The second-order valence-electron chi connectivity index (χ2n) is 4.32. The number of methoxy groups -OCH3 is 1. The molecule has 0 aliphatic carbocycles. The topological polar surface area (TPSA) is 26.3 Å². The van der Waals surface area contributed by atoms with Gasteiger partial charge in [-0.2, -0.15) is 0 Å². The fourth-order valence-corrected chi connectivity index (χ4v) is 2.00. The van der Waals surface area contributed by atoms with Crippen molar-refractivity contribution in [2.24, 2.45) is 5.92 Å². The smallest absolute Gasteiger partial charge is 0.140 e. The van der Waals surface area contributed by atoms with E-state index >= 15 is 0 Å². The maximum absolute atomic E-state index is 11.9. The minimum Gasteiger partial charge on any atom is -0.497 e. The quantitative estimate of drug-likeness (QED) is 0.760.